The standard InChI is InChI=1S/C24H23N5O3S/c30-22-3-1-2-20(27-22)24-6-7-28(11-16(24)9-24)13-21-26-18-5-4-15(23(31)32)8-19(18)29(21)12-17-10-25-14-33-17/h1-5,8,10,14,16H,6-7,9,11-13H2,(H,27,30)(H,31,32). The van der Waals surface area contributed by atoms with Crippen molar-refractivity contribution in [1.82, 2.24) is 24.4 Å². The number of carbonyl (C=O) groups is 1. The van der Waals surface area contributed by atoms with Gasteiger partial charge in [-0.3, -0.25) is 14.7 Å². The first kappa shape index (κ1) is 20.3. The third-order valence-electron chi connectivity index (χ3n) is 7.13. The number of aromatic nitrogens is 4. The molecule has 1 saturated carbocycles. The number of imidazole rings is 1. The maximum atomic E-state index is 11.8. The van der Waals surface area contributed by atoms with Gasteiger partial charge >= 0.3 is 5.97 Å². The predicted molar refractivity (Wildman–Crippen MR) is 125 cm³/mol. The Balaban J connectivity index is 1.28. The Bertz CT molecular complexity index is 1410. The molecule has 1 saturated heterocycles. The summed E-state index contributed by atoms with van der Waals surface area (Å²) >= 11 is 1.58. The molecular formula is C24H23N5O3S. The molecule has 0 bridgehead atoms. The van der Waals surface area contributed by atoms with Crippen LogP contribution in [0.4, 0.5) is 0 Å². The summed E-state index contributed by atoms with van der Waals surface area (Å²) in [6.45, 7) is 3.21. The normalized spacial score (nSPS) is 22.4. The van der Waals surface area contributed by atoms with Crippen LogP contribution in [-0.4, -0.2) is 48.6 Å². The van der Waals surface area contributed by atoms with E-state index in [1.54, 1.807) is 35.6 Å². The number of rotatable bonds is 6. The molecule has 6 rings (SSSR count). The van der Waals surface area contributed by atoms with Crippen LogP contribution < -0.4 is 5.56 Å². The van der Waals surface area contributed by atoms with Gasteiger partial charge in [0.15, 0.2) is 0 Å². The number of hydrogen-bond donors (Lipinski definition) is 2. The number of hydrogen-bond acceptors (Lipinski definition) is 6. The zero-order valence-electron chi connectivity index (χ0n) is 17.9. The zero-order chi connectivity index (χ0) is 22.6. The molecule has 2 atom stereocenters. The lowest BCUT2D eigenvalue weighted by Crippen LogP contribution is -2.37. The number of aromatic amines is 1. The van der Waals surface area contributed by atoms with Gasteiger partial charge in [0.2, 0.25) is 5.56 Å². The molecular weight excluding hydrogens is 438 g/mol. The van der Waals surface area contributed by atoms with E-state index in [9.17, 15) is 14.7 Å². The number of pyridine rings is 1. The van der Waals surface area contributed by atoms with Crippen molar-refractivity contribution in [3.63, 3.8) is 0 Å². The van der Waals surface area contributed by atoms with E-state index < -0.39 is 5.97 Å². The highest BCUT2D eigenvalue weighted by Gasteiger charge is 2.58. The topological polar surface area (TPSA) is 104 Å². The number of nitrogens with zero attached hydrogens (tertiary/aromatic N) is 4. The van der Waals surface area contributed by atoms with Gasteiger partial charge in [0.25, 0.3) is 0 Å². The van der Waals surface area contributed by atoms with Crippen molar-refractivity contribution in [3.8, 4) is 0 Å². The average Bonchev–Trinajstić information content (AvgIpc) is 3.13. The SMILES string of the molecule is O=C(O)c1ccc2nc(CN3CCC4(c5cccc(=O)[nH]5)CC4C3)n(Cc3cncs3)c2c1. The summed E-state index contributed by atoms with van der Waals surface area (Å²) < 4.78 is 2.12. The molecule has 4 aromatic rings. The number of piperidine rings is 1. The molecule has 1 aliphatic heterocycles. The van der Waals surface area contributed by atoms with Gasteiger partial charge in [-0.15, -0.1) is 11.3 Å². The second-order valence-corrected chi connectivity index (χ2v) is 10.0. The van der Waals surface area contributed by atoms with Crippen molar-refractivity contribution < 1.29 is 9.90 Å². The number of thiazole rings is 1. The first-order chi connectivity index (χ1) is 16.0. The van der Waals surface area contributed by atoms with E-state index in [0.717, 1.165) is 53.4 Å². The fraction of sp³-hybridized carbons (Fsp3) is 0.333. The summed E-state index contributed by atoms with van der Waals surface area (Å²) in [5, 5.41) is 9.46. The number of carboxylic acid groups (broad SMARTS) is 1. The highest BCUT2D eigenvalue weighted by atomic mass is 32.1. The van der Waals surface area contributed by atoms with Crippen LogP contribution in [0.2, 0.25) is 0 Å². The van der Waals surface area contributed by atoms with Crippen molar-refractivity contribution >= 4 is 28.3 Å². The number of nitrogens with one attached hydrogen (secondary N) is 1. The first-order valence-electron chi connectivity index (χ1n) is 11.0. The molecule has 2 N–H and O–H groups in total. The van der Waals surface area contributed by atoms with Crippen molar-refractivity contribution in [2.24, 2.45) is 5.92 Å². The van der Waals surface area contributed by atoms with Gasteiger partial charge in [0, 0.05) is 34.8 Å². The third kappa shape index (κ3) is 3.57. The minimum absolute atomic E-state index is 0.0348. The summed E-state index contributed by atoms with van der Waals surface area (Å²) in [5.41, 5.74) is 4.85. The molecule has 3 aromatic heterocycles. The number of aromatic carboxylic acids is 1. The van der Waals surface area contributed by atoms with Crippen LogP contribution in [0, 0.1) is 5.92 Å². The molecule has 1 aromatic carbocycles. The molecule has 0 amide bonds. The molecule has 0 spiro atoms. The highest BCUT2D eigenvalue weighted by molar-refractivity contribution is 7.09. The Hall–Kier alpha value is -3.30. The first-order valence-corrected chi connectivity index (χ1v) is 11.9. The van der Waals surface area contributed by atoms with Crippen LogP contribution in [0.5, 0.6) is 0 Å². The summed E-state index contributed by atoms with van der Waals surface area (Å²) in [6, 6.07) is 10.6. The zero-order valence-corrected chi connectivity index (χ0v) is 18.7. The molecule has 1 aliphatic carbocycles. The van der Waals surface area contributed by atoms with E-state index in [1.807, 2.05) is 23.8 Å². The van der Waals surface area contributed by atoms with Crippen molar-refractivity contribution in [1.29, 1.82) is 0 Å². The van der Waals surface area contributed by atoms with Crippen molar-refractivity contribution in [3.05, 3.63) is 80.4 Å². The molecule has 2 aliphatic rings. The van der Waals surface area contributed by atoms with Crippen LogP contribution in [0.1, 0.15) is 39.6 Å². The fourth-order valence-electron chi connectivity index (χ4n) is 5.31. The van der Waals surface area contributed by atoms with Crippen LogP contribution in [-0.2, 0) is 18.5 Å². The second kappa shape index (κ2) is 7.64. The summed E-state index contributed by atoms with van der Waals surface area (Å²) in [4.78, 5) is 39.0. The summed E-state index contributed by atoms with van der Waals surface area (Å²) in [7, 11) is 0. The molecule has 2 fully saturated rings. The number of benzene rings is 1. The van der Waals surface area contributed by atoms with Crippen LogP contribution in [0.3, 0.4) is 0 Å². The van der Waals surface area contributed by atoms with E-state index >= 15 is 0 Å². The average molecular weight is 462 g/mol. The smallest absolute Gasteiger partial charge is 0.335 e. The monoisotopic (exact) mass is 461 g/mol. The lowest BCUT2D eigenvalue weighted by Gasteiger charge is -2.31. The highest BCUT2D eigenvalue weighted by Crippen LogP contribution is 2.58. The fourth-order valence-corrected chi connectivity index (χ4v) is 5.89. The lowest BCUT2D eigenvalue weighted by atomic mass is 9.91. The minimum atomic E-state index is -0.941. The van der Waals surface area contributed by atoms with Gasteiger partial charge in [0.05, 0.1) is 35.2 Å². The Morgan fingerprint density at radius 2 is 2.18 bits per heavy atom. The van der Waals surface area contributed by atoms with Crippen molar-refractivity contribution in [2.75, 3.05) is 13.1 Å². The quantitative estimate of drug-likeness (QED) is 0.457. The predicted octanol–water partition coefficient (Wildman–Crippen LogP) is 3.09. The van der Waals surface area contributed by atoms with Crippen molar-refractivity contribution in [2.45, 2.75) is 31.3 Å². The Labute approximate surface area is 193 Å². The largest absolute Gasteiger partial charge is 0.478 e. The van der Waals surface area contributed by atoms with E-state index in [4.69, 9.17) is 4.98 Å². The van der Waals surface area contributed by atoms with Gasteiger partial charge in [-0.05, 0) is 49.6 Å². The van der Waals surface area contributed by atoms with E-state index in [2.05, 4.69) is 19.4 Å². The van der Waals surface area contributed by atoms with Gasteiger partial charge in [-0.2, -0.15) is 0 Å². The van der Waals surface area contributed by atoms with Crippen LogP contribution in [0.25, 0.3) is 11.0 Å². The molecule has 2 unspecified atom stereocenters. The summed E-state index contributed by atoms with van der Waals surface area (Å²) in [6.07, 6.45) is 3.96. The lowest BCUT2D eigenvalue weighted by molar-refractivity contribution is 0.0697. The molecule has 0 radical (unpaired) electrons. The molecule has 168 valence electrons. The second-order valence-electron chi connectivity index (χ2n) is 9.06. The van der Waals surface area contributed by atoms with Gasteiger partial charge in [-0.1, -0.05) is 6.07 Å². The third-order valence-corrected chi connectivity index (χ3v) is 7.89. The number of likely N-dealkylation sites (tertiary alicyclic amines) is 1. The minimum Gasteiger partial charge on any atom is -0.478 e. The maximum Gasteiger partial charge on any atom is 0.335 e. The number of fused-ring (bicyclic) bond motifs is 2. The Kier molecular flexibility index (Phi) is 4.70. The van der Waals surface area contributed by atoms with Gasteiger partial charge < -0.3 is 14.7 Å². The Morgan fingerprint density at radius 3 is 2.94 bits per heavy atom. The van der Waals surface area contributed by atoms with Crippen LogP contribution >= 0.6 is 11.3 Å². The number of H-pyrrole nitrogens is 1. The van der Waals surface area contributed by atoms with E-state index in [1.165, 1.54) is 0 Å². The molecule has 9 heteroatoms. The maximum absolute atomic E-state index is 11.8. The van der Waals surface area contributed by atoms with Gasteiger partial charge in [0.1, 0.15) is 5.82 Å². The number of carboxylic acids is 1. The van der Waals surface area contributed by atoms with E-state index in [-0.39, 0.29) is 16.5 Å². The van der Waals surface area contributed by atoms with Crippen LogP contribution in [0.15, 0.2) is 52.9 Å². The molecule has 4 heterocycles. The summed E-state index contributed by atoms with van der Waals surface area (Å²) in [5.74, 6) is 0.522. The Morgan fingerprint density at radius 1 is 1.27 bits per heavy atom. The molecule has 33 heavy (non-hydrogen) atoms. The van der Waals surface area contributed by atoms with E-state index in [0.29, 0.717) is 19.0 Å². The van der Waals surface area contributed by atoms with Gasteiger partial charge in [-0.25, -0.2) is 9.78 Å². The molecule has 8 nitrogen and oxygen atoms in total.